The second-order valence-corrected chi connectivity index (χ2v) is 7.69. The van der Waals surface area contributed by atoms with Crippen LogP contribution < -0.4 is 5.73 Å². The molecule has 3 heterocycles. The molecule has 0 amide bonds. The fraction of sp³-hybridized carbons (Fsp3) is 0. The van der Waals surface area contributed by atoms with Crippen molar-refractivity contribution in [3.8, 4) is 11.5 Å². The van der Waals surface area contributed by atoms with Crippen LogP contribution in [0.3, 0.4) is 0 Å². The van der Waals surface area contributed by atoms with Crippen molar-refractivity contribution in [2.45, 2.75) is 4.90 Å². The highest BCUT2D eigenvalue weighted by Gasteiger charge is 2.25. The number of furan rings is 1. The number of benzene rings is 1. The van der Waals surface area contributed by atoms with Gasteiger partial charge in [-0.1, -0.05) is 12.1 Å². The van der Waals surface area contributed by atoms with Gasteiger partial charge in [-0.15, -0.1) is 0 Å². The Labute approximate surface area is 150 Å². The van der Waals surface area contributed by atoms with Gasteiger partial charge in [0.2, 0.25) is 5.95 Å². The molecule has 0 radical (unpaired) electrons. The van der Waals surface area contributed by atoms with Crippen molar-refractivity contribution in [2.24, 2.45) is 0 Å². The summed E-state index contributed by atoms with van der Waals surface area (Å²) in [6, 6.07) is 9.86. The number of imidazole rings is 1. The Balaban J connectivity index is 2.01. The third kappa shape index (κ3) is 2.50. The van der Waals surface area contributed by atoms with E-state index in [-0.39, 0.29) is 22.0 Å². The normalized spacial score (nSPS) is 11.9. The van der Waals surface area contributed by atoms with Gasteiger partial charge in [-0.3, -0.25) is 0 Å². The average molecular weight is 420 g/mol. The maximum absolute atomic E-state index is 13.0. The Morgan fingerprint density at radius 3 is 2.64 bits per heavy atom. The van der Waals surface area contributed by atoms with Crippen LogP contribution in [0.15, 0.2) is 62.8 Å². The first-order valence-electron chi connectivity index (χ1n) is 7.03. The Hall–Kier alpha value is -2.72. The smallest absolute Gasteiger partial charge is 0.271 e. The van der Waals surface area contributed by atoms with Crippen molar-refractivity contribution >= 4 is 43.1 Å². The highest BCUT2D eigenvalue weighted by molar-refractivity contribution is 9.10. The maximum Gasteiger partial charge on any atom is 0.271 e. The second-order valence-electron chi connectivity index (χ2n) is 5.06. The van der Waals surface area contributed by atoms with Gasteiger partial charge in [0, 0.05) is 4.47 Å². The molecule has 25 heavy (non-hydrogen) atoms. The van der Waals surface area contributed by atoms with Gasteiger partial charge in [0.1, 0.15) is 22.4 Å². The van der Waals surface area contributed by atoms with Crippen molar-refractivity contribution in [2.75, 3.05) is 5.73 Å². The summed E-state index contributed by atoms with van der Waals surface area (Å²) in [5, 5.41) is 0. The van der Waals surface area contributed by atoms with Gasteiger partial charge in [0.15, 0.2) is 11.4 Å². The lowest BCUT2D eigenvalue weighted by atomic mass is 10.3. The lowest BCUT2D eigenvalue weighted by Crippen LogP contribution is -2.13. The summed E-state index contributed by atoms with van der Waals surface area (Å²) in [5.74, 6) is 0.339. The molecule has 2 N–H and O–H groups in total. The number of fused-ring (bicyclic) bond motifs is 1. The fourth-order valence-corrected chi connectivity index (χ4v) is 4.62. The van der Waals surface area contributed by atoms with E-state index < -0.39 is 10.0 Å². The summed E-state index contributed by atoms with van der Waals surface area (Å²) in [5.41, 5.74) is 6.44. The number of hydrogen-bond acceptors (Lipinski definition) is 7. The summed E-state index contributed by atoms with van der Waals surface area (Å²) >= 11 is 3.26. The first kappa shape index (κ1) is 15.8. The SMILES string of the molecule is Nc1nc(-c2ccco2)c2ncn(S(=O)(=O)c3ccccc3Br)c2n1. The number of nitrogens with two attached hydrogens (primary N) is 1. The van der Waals surface area contributed by atoms with Crippen LogP contribution in [-0.2, 0) is 10.0 Å². The van der Waals surface area contributed by atoms with E-state index in [1.54, 1.807) is 30.3 Å². The number of nitrogens with zero attached hydrogens (tertiary/aromatic N) is 4. The van der Waals surface area contributed by atoms with Gasteiger partial charge in [-0.05, 0) is 40.2 Å². The van der Waals surface area contributed by atoms with E-state index in [1.807, 2.05) is 0 Å². The minimum atomic E-state index is -3.92. The molecule has 0 spiro atoms. The molecule has 4 aromatic rings. The van der Waals surface area contributed by atoms with Crippen molar-refractivity contribution in [3.63, 3.8) is 0 Å². The van der Waals surface area contributed by atoms with E-state index in [9.17, 15) is 8.42 Å². The minimum Gasteiger partial charge on any atom is -0.463 e. The zero-order chi connectivity index (χ0) is 17.6. The number of rotatable bonds is 3. The van der Waals surface area contributed by atoms with Gasteiger partial charge in [0.05, 0.1) is 6.26 Å². The molecule has 8 nitrogen and oxygen atoms in total. The molecule has 1 aromatic carbocycles. The molecule has 0 aliphatic carbocycles. The van der Waals surface area contributed by atoms with Crippen LogP contribution in [0.1, 0.15) is 0 Å². The van der Waals surface area contributed by atoms with Gasteiger partial charge in [-0.25, -0.2) is 22.4 Å². The molecule has 0 atom stereocenters. The number of anilines is 1. The molecule has 3 aromatic heterocycles. The summed E-state index contributed by atoms with van der Waals surface area (Å²) in [4.78, 5) is 12.4. The molecular formula is C15H10BrN5O3S. The Morgan fingerprint density at radius 2 is 1.92 bits per heavy atom. The topological polar surface area (TPSA) is 117 Å². The Bertz CT molecular complexity index is 1190. The van der Waals surface area contributed by atoms with E-state index in [0.717, 1.165) is 3.97 Å². The van der Waals surface area contributed by atoms with Crippen LogP contribution in [0.4, 0.5) is 5.95 Å². The molecule has 0 saturated carbocycles. The van der Waals surface area contributed by atoms with E-state index in [0.29, 0.717) is 15.9 Å². The third-order valence-corrected chi connectivity index (χ3v) is 6.16. The maximum atomic E-state index is 13.0. The van der Waals surface area contributed by atoms with Crippen LogP contribution in [0, 0.1) is 0 Å². The summed E-state index contributed by atoms with van der Waals surface area (Å²) in [7, 11) is -3.92. The summed E-state index contributed by atoms with van der Waals surface area (Å²) in [6.07, 6.45) is 2.66. The molecular weight excluding hydrogens is 410 g/mol. The second kappa shape index (κ2) is 5.67. The number of nitrogen functional groups attached to an aromatic ring is 1. The zero-order valence-electron chi connectivity index (χ0n) is 12.5. The van der Waals surface area contributed by atoms with E-state index in [2.05, 4.69) is 30.9 Å². The average Bonchev–Trinajstić information content (AvgIpc) is 3.24. The number of halogens is 1. The van der Waals surface area contributed by atoms with Crippen LogP contribution in [0.2, 0.25) is 0 Å². The fourth-order valence-electron chi connectivity index (χ4n) is 2.42. The monoisotopic (exact) mass is 419 g/mol. The van der Waals surface area contributed by atoms with Crippen molar-refractivity contribution in [3.05, 3.63) is 53.5 Å². The van der Waals surface area contributed by atoms with Crippen molar-refractivity contribution in [1.29, 1.82) is 0 Å². The third-order valence-electron chi connectivity index (χ3n) is 3.51. The van der Waals surface area contributed by atoms with Gasteiger partial charge >= 0.3 is 0 Å². The number of hydrogen-bond donors (Lipinski definition) is 1. The zero-order valence-corrected chi connectivity index (χ0v) is 14.9. The molecule has 4 rings (SSSR count). The highest BCUT2D eigenvalue weighted by atomic mass is 79.9. The molecule has 126 valence electrons. The van der Waals surface area contributed by atoms with Gasteiger partial charge in [0.25, 0.3) is 10.0 Å². The number of aromatic nitrogens is 4. The molecule has 0 saturated heterocycles. The van der Waals surface area contributed by atoms with E-state index >= 15 is 0 Å². The Morgan fingerprint density at radius 1 is 1.12 bits per heavy atom. The largest absolute Gasteiger partial charge is 0.463 e. The lowest BCUT2D eigenvalue weighted by Gasteiger charge is -2.08. The van der Waals surface area contributed by atoms with Crippen molar-refractivity contribution < 1.29 is 12.8 Å². The van der Waals surface area contributed by atoms with Crippen LogP contribution in [0.25, 0.3) is 22.6 Å². The van der Waals surface area contributed by atoms with Gasteiger partial charge < -0.3 is 10.2 Å². The molecule has 0 aliphatic heterocycles. The lowest BCUT2D eigenvalue weighted by molar-refractivity contribution is 0.580. The standard InChI is InChI=1S/C15H10BrN5O3S/c16-9-4-1-2-6-11(9)25(22,23)21-8-18-13-12(10-5-3-7-24-10)19-15(17)20-14(13)21/h1-8H,(H2,17,19,20). The Kier molecular flexibility index (Phi) is 3.58. The van der Waals surface area contributed by atoms with Crippen LogP contribution in [-0.4, -0.2) is 27.3 Å². The molecule has 0 unspecified atom stereocenters. The van der Waals surface area contributed by atoms with Crippen LogP contribution in [0.5, 0.6) is 0 Å². The van der Waals surface area contributed by atoms with E-state index in [1.165, 1.54) is 18.7 Å². The molecule has 0 fully saturated rings. The van der Waals surface area contributed by atoms with E-state index in [4.69, 9.17) is 10.2 Å². The first-order valence-corrected chi connectivity index (χ1v) is 9.26. The van der Waals surface area contributed by atoms with Crippen LogP contribution >= 0.6 is 15.9 Å². The van der Waals surface area contributed by atoms with Crippen molar-refractivity contribution in [1.82, 2.24) is 18.9 Å². The quantitative estimate of drug-likeness (QED) is 0.542. The summed E-state index contributed by atoms with van der Waals surface area (Å²) < 4.78 is 32.8. The first-order chi connectivity index (χ1) is 12.0. The van der Waals surface area contributed by atoms with Gasteiger partial charge in [-0.2, -0.15) is 4.98 Å². The predicted molar refractivity (Wildman–Crippen MR) is 94.2 cm³/mol. The highest BCUT2D eigenvalue weighted by Crippen LogP contribution is 2.29. The molecule has 0 aliphatic rings. The predicted octanol–water partition coefficient (Wildman–Crippen LogP) is 2.67. The minimum absolute atomic E-state index is 0.0784. The molecule has 10 heteroatoms. The molecule has 0 bridgehead atoms. The summed E-state index contributed by atoms with van der Waals surface area (Å²) in [6.45, 7) is 0.